The predicted octanol–water partition coefficient (Wildman–Crippen LogP) is 5.67. The SMILES string of the molecule is CCCC(CC)Oc1cc(O)c(C(=O)O)c(C=Cc2ccc(F)cc2)c1C. The molecule has 0 bridgehead atoms. The number of carboxylic acids is 1. The summed E-state index contributed by atoms with van der Waals surface area (Å²) in [6.07, 6.45) is 5.94. The molecule has 0 amide bonds. The lowest BCUT2D eigenvalue weighted by Crippen LogP contribution is -2.16. The van der Waals surface area contributed by atoms with Gasteiger partial charge >= 0.3 is 5.97 Å². The predicted molar refractivity (Wildman–Crippen MR) is 105 cm³/mol. The normalized spacial score (nSPS) is 12.3. The summed E-state index contributed by atoms with van der Waals surface area (Å²) in [4.78, 5) is 11.7. The first-order valence-electron chi connectivity index (χ1n) is 9.07. The van der Waals surface area contributed by atoms with Crippen LogP contribution >= 0.6 is 0 Å². The summed E-state index contributed by atoms with van der Waals surface area (Å²) in [7, 11) is 0. The Morgan fingerprint density at radius 3 is 2.44 bits per heavy atom. The molecule has 27 heavy (non-hydrogen) atoms. The molecular formula is C22H25FO4. The number of aromatic hydroxyl groups is 1. The Morgan fingerprint density at radius 1 is 1.22 bits per heavy atom. The van der Waals surface area contributed by atoms with E-state index in [4.69, 9.17) is 4.74 Å². The second-order valence-corrected chi connectivity index (χ2v) is 6.43. The minimum atomic E-state index is -1.22. The van der Waals surface area contributed by atoms with Crippen molar-refractivity contribution in [1.82, 2.24) is 0 Å². The summed E-state index contributed by atoms with van der Waals surface area (Å²) >= 11 is 0. The zero-order valence-electron chi connectivity index (χ0n) is 15.8. The Kier molecular flexibility index (Phi) is 6.99. The van der Waals surface area contributed by atoms with Crippen molar-refractivity contribution in [2.45, 2.75) is 46.1 Å². The Hall–Kier alpha value is -2.82. The zero-order valence-corrected chi connectivity index (χ0v) is 15.8. The maximum atomic E-state index is 13.1. The second-order valence-electron chi connectivity index (χ2n) is 6.43. The van der Waals surface area contributed by atoms with Crippen molar-refractivity contribution in [2.24, 2.45) is 0 Å². The van der Waals surface area contributed by atoms with Gasteiger partial charge in [0.05, 0.1) is 6.10 Å². The summed E-state index contributed by atoms with van der Waals surface area (Å²) in [6.45, 7) is 5.86. The molecule has 0 aliphatic carbocycles. The fourth-order valence-corrected chi connectivity index (χ4v) is 2.92. The van der Waals surface area contributed by atoms with Crippen LogP contribution in [0, 0.1) is 12.7 Å². The lowest BCUT2D eigenvalue weighted by Gasteiger charge is -2.20. The molecule has 2 aromatic rings. The summed E-state index contributed by atoms with van der Waals surface area (Å²) < 4.78 is 19.1. The van der Waals surface area contributed by atoms with Crippen molar-refractivity contribution in [2.75, 3.05) is 0 Å². The number of halogens is 1. The van der Waals surface area contributed by atoms with Gasteiger partial charge in [0.15, 0.2) is 0 Å². The summed E-state index contributed by atoms with van der Waals surface area (Å²) in [5, 5.41) is 19.8. The van der Waals surface area contributed by atoms with Crippen LogP contribution in [0.1, 0.15) is 60.2 Å². The van der Waals surface area contributed by atoms with E-state index in [1.165, 1.54) is 18.2 Å². The molecule has 0 fully saturated rings. The van der Waals surface area contributed by atoms with Crippen molar-refractivity contribution < 1.29 is 24.1 Å². The number of benzene rings is 2. The number of hydrogen-bond donors (Lipinski definition) is 2. The van der Waals surface area contributed by atoms with Crippen molar-refractivity contribution in [1.29, 1.82) is 0 Å². The maximum Gasteiger partial charge on any atom is 0.340 e. The van der Waals surface area contributed by atoms with Crippen LogP contribution in [0.25, 0.3) is 12.2 Å². The van der Waals surface area contributed by atoms with Crippen LogP contribution in [0.2, 0.25) is 0 Å². The van der Waals surface area contributed by atoms with Crippen LogP contribution in [-0.4, -0.2) is 22.3 Å². The van der Waals surface area contributed by atoms with Crippen molar-refractivity contribution in [3.05, 3.63) is 58.4 Å². The molecule has 0 aliphatic rings. The third-order valence-electron chi connectivity index (χ3n) is 4.45. The van der Waals surface area contributed by atoms with Gasteiger partial charge in [0.2, 0.25) is 0 Å². The van der Waals surface area contributed by atoms with Crippen LogP contribution < -0.4 is 4.74 Å². The lowest BCUT2D eigenvalue weighted by atomic mass is 9.98. The monoisotopic (exact) mass is 372 g/mol. The molecule has 2 aromatic carbocycles. The van der Waals surface area contributed by atoms with Gasteiger partial charge < -0.3 is 14.9 Å². The summed E-state index contributed by atoms with van der Waals surface area (Å²) in [5.41, 5.74) is 1.54. The molecule has 0 heterocycles. The van der Waals surface area contributed by atoms with E-state index in [9.17, 15) is 19.4 Å². The minimum absolute atomic E-state index is 0.00212. The first-order chi connectivity index (χ1) is 12.9. The number of carbonyl (C=O) groups is 1. The van der Waals surface area contributed by atoms with E-state index in [2.05, 4.69) is 6.92 Å². The second kappa shape index (κ2) is 9.21. The van der Waals surface area contributed by atoms with Gasteiger partial charge in [0.1, 0.15) is 22.9 Å². The number of ether oxygens (including phenoxy) is 1. The fourth-order valence-electron chi connectivity index (χ4n) is 2.92. The number of aromatic carboxylic acids is 1. The fraction of sp³-hybridized carbons (Fsp3) is 0.318. The molecule has 1 unspecified atom stereocenters. The molecule has 0 saturated carbocycles. The largest absolute Gasteiger partial charge is 0.507 e. The van der Waals surface area contributed by atoms with Crippen LogP contribution in [0.4, 0.5) is 4.39 Å². The van der Waals surface area contributed by atoms with E-state index in [0.29, 0.717) is 16.9 Å². The Morgan fingerprint density at radius 2 is 1.89 bits per heavy atom. The molecule has 0 aromatic heterocycles. The number of rotatable bonds is 8. The summed E-state index contributed by atoms with van der Waals surface area (Å²) in [5.74, 6) is -1.43. The van der Waals surface area contributed by atoms with Crippen molar-refractivity contribution >= 4 is 18.1 Å². The third-order valence-corrected chi connectivity index (χ3v) is 4.45. The topological polar surface area (TPSA) is 66.8 Å². The molecule has 1 atom stereocenters. The van der Waals surface area contributed by atoms with Crippen LogP contribution in [0.5, 0.6) is 11.5 Å². The maximum absolute atomic E-state index is 13.1. The van der Waals surface area contributed by atoms with Gasteiger partial charge in [-0.2, -0.15) is 0 Å². The highest BCUT2D eigenvalue weighted by atomic mass is 19.1. The molecule has 144 valence electrons. The van der Waals surface area contributed by atoms with Gasteiger partial charge in [0, 0.05) is 6.07 Å². The first kappa shape index (κ1) is 20.5. The molecule has 5 heteroatoms. The molecule has 0 radical (unpaired) electrons. The van der Waals surface area contributed by atoms with Gasteiger partial charge in [-0.15, -0.1) is 0 Å². The van der Waals surface area contributed by atoms with Crippen molar-refractivity contribution in [3.63, 3.8) is 0 Å². The van der Waals surface area contributed by atoms with Gasteiger partial charge in [-0.25, -0.2) is 9.18 Å². The molecule has 2 rings (SSSR count). The first-order valence-corrected chi connectivity index (χ1v) is 9.07. The highest BCUT2D eigenvalue weighted by Crippen LogP contribution is 2.35. The highest BCUT2D eigenvalue weighted by molar-refractivity contribution is 5.97. The van der Waals surface area contributed by atoms with E-state index < -0.39 is 5.97 Å². The highest BCUT2D eigenvalue weighted by Gasteiger charge is 2.21. The van der Waals surface area contributed by atoms with E-state index >= 15 is 0 Å². The van der Waals surface area contributed by atoms with Crippen LogP contribution in [-0.2, 0) is 0 Å². The molecule has 0 saturated heterocycles. The third kappa shape index (κ3) is 5.09. The molecule has 0 spiro atoms. The number of hydrogen-bond acceptors (Lipinski definition) is 3. The Labute approximate surface area is 158 Å². The smallest absolute Gasteiger partial charge is 0.340 e. The van der Waals surface area contributed by atoms with Crippen LogP contribution in [0.3, 0.4) is 0 Å². The van der Waals surface area contributed by atoms with Crippen molar-refractivity contribution in [3.8, 4) is 11.5 Å². The van der Waals surface area contributed by atoms with E-state index in [-0.39, 0.29) is 23.2 Å². The average molecular weight is 372 g/mol. The number of phenols is 1. The van der Waals surface area contributed by atoms with Crippen LogP contribution in [0.15, 0.2) is 30.3 Å². The minimum Gasteiger partial charge on any atom is -0.507 e. The van der Waals surface area contributed by atoms with E-state index in [1.54, 1.807) is 31.2 Å². The van der Waals surface area contributed by atoms with Gasteiger partial charge in [-0.1, -0.05) is 44.6 Å². The molecule has 0 aliphatic heterocycles. The van der Waals surface area contributed by atoms with Gasteiger partial charge in [-0.3, -0.25) is 0 Å². The quantitative estimate of drug-likeness (QED) is 0.586. The zero-order chi connectivity index (χ0) is 20.0. The van der Waals surface area contributed by atoms with E-state index in [0.717, 1.165) is 24.8 Å². The Balaban J connectivity index is 2.48. The average Bonchev–Trinajstić information content (AvgIpc) is 2.63. The molecule has 2 N–H and O–H groups in total. The van der Waals surface area contributed by atoms with Gasteiger partial charge in [-0.05, 0) is 48.6 Å². The van der Waals surface area contributed by atoms with E-state index in [1.807, 2.05) is 6.92 Å². The summed E-state index contributed by atoms with van der Waals surface area (Å²) in [6, 6.07) is 7.22. The Bertz CT molecular complexity index is 825. The molecule has 4 nitrogen and oxygen atoms in total. The lowest BCUT2D eigenvalue weighted by molar-refractivity contribution is 0.0693. The van der Waals surface area contributed by atoms with Gasteiger partial charge in [0.25, 0.3) is 0 Å². The standard InChI is InChI=1S/C22H25FO4/c1-4-6-17(5-2)27-20-13-19(24)21(22(25)26)18(14(20)3)12-9-15-7-10-16(23)11-8-15/h7-13,17,24H,4-6H2,1-3H3,(H,25,26). The number of carboxylic acid groups (broad SMARTS) is 1. The molecular weight excluding hydrogens is 347 g/mol.